The van der Waals surface area contributed by atoms with Crippen molar-refractivity contribution in [3.8, 4) is 5.75 Å². The second-order valence-electron chi connectivity index (χ2n) is 7.58. The molecule has 2 aliphatic heterocycles. The number of rotatable bonds is 6. The second-order valence-corrected chi connectivity index (χ2v) is 11.5. The number of sulfonamides is 2. The van der Waals surface area contributed by atoms with Gasteiger partial charge >= 0.3 is 0 Å². The normalized spacial score (nSPS) is 18.6. The van der Waals surface area contributed by atoms with Gasteiger partial charge in [-0.05, 0) is 30.3 Å². The minimum atomic E-state index is -4.00. The number of benzene rings is 2. The van der Waals surface area contributed by atoms with Gasteiger partial charge in [0.15, 0.2) is 0 Å². The Bertz CT molecular complexity index is 1270. The monoisotopic (exact) mass is 493 g/mol. The Morgan fingerprint density at radius 1 is 0.727 bits per heavy atom. The van der Waals surface area contributed by atoms with Gasteiger partial charge < -0.3 is 4.74 Å². The summed E-state index contributed by atoms with van der Waals surface area (Å²) in [6.45, 7) is -0.0558. The van der Waals surface area contributed by atoms with Gasteiger partial charge in [0.25, 0.3) is 0 Å². The minimum Gasteiger partial charge on any atom is -0.495 e. The second kappa shape index (κ2) is 8.86. The molecule has 2 saturated heterocycles. The van der Waals surface area contributed by atoms with Crippen molar-refractivity contribution < 1.29 is 31.2 Å². The maximum absolute atomic E-state index is 13.3. The Morgan fingerprint density at radius 3 is 1.76 bits per heavy atom. The zero-order valence-corrected chi connectivity index (χ0v) is 19.5. The highest BCUT2D eigenvalue weighted by Crippen LogP contribution is 2.35. The van der Waals surface area contributed by atoms with Crippen LogP contribution in [0.25, 0.3) is 0 Å². The third kappa shape index (κ3) is 4.26. The summed E-state index contributed by atoms with van der Waals surface area (Å²) in [7, 11) is -6.36. The maximum Gasteiger partial charge on any atom is 0.243 e. The molecule has 0 unspecified atom stereocenters. The quantitative estimate of drug-likeness (QED) is 0.551. The van der Waals surface area contributed by atoms with E-state index in [0.717, 1.165) is 4.90 Å². The van der Waals surface area contributed by atoms with Gasteiger partial charge in [0, 0.05) is 39.0 Å². The molecule has 0 bridgehead atoms. The van der Waals surface area contributed by atoms with Crippen LogP contribution in [0.15, 0.2) is 58.3 Å². The standard InChI is InChI=1S/C21H23N3O7S2/c1-31-19-8-7-17(15-18(19)24-20(25)9-10-21(24)26)33(29,30)23-13-11-22(12-14-23)32(27,28)16-5-3-2-4-6-16/h2-8,15H,9-14H2,1H3. The largest absolute Gasteiger partial charge is 0.495 e. The molecule has 10 nitrogen and oxygen atoms in total. The summed E-state index contributed by atoms with van der Waals surface area (Å²) in [5.41, 5.74) is 0.0800. The zero-order chi connectivity index (χ0) is 23.8. The average Bonchev–Trinajstić information content (AvgIpc) is 3.16. The molecule has 0 radical (unpaired) electrons. The van der Waals surface area contributed by atoms with Crippen molar-refractivity contribution in [1.82, 2.24) is 8.61 Å². The lowest BCUT2D eigenvalue weighted by atomic mass is 10.2. The first kappa shape index (κ1) is 23.4. The van der Waals surface area contributed by atoms with Crippen LogP contribution in [-0.4, -0.2) is 70.5 Å². The first-order valence-corrected chi connectivity index (χ1v) is 13.1. The molecule has 2 aromatic rings. The number of carbonyl (C=O) groups excluding carboxylic acids is 2. The lowest BCUT2D eigenvalue weighted by molar-refractivity contribution is -0.121. The minimum absolute atomic E-state index is 0.00255. The van der Waals surface area contributed by atoms with E-state index in [-0.39, 0.29) is 60.2 Å². The fraction of sp³-hybridized carbons (Fsp3) is 0.333. The third-order valence-corrected chi connectivity index (χ3v) is 9.47. The SMILES string of the molecule is COc1ccc(S(=O)(=O)N2CCN(S(=O)(=O)c3ccccc3)CC2)cc1N1C(=O)CCC1=O. The van der Waals surface area contributed by atoms with E-state index < -0.39 is 31.9 Å². The van der Waals surface area contributed by atoms with Gasteiger partial charge in [-0.15, -0.1) is 0 Å². The molecule has 4 rings (SSSR count). The highest BCUT2D eigenvalue weighted by molar-refractivity contribution is 7.89. The van der Waals surface area contributed by atoms with Crippen molar-refractivity contribution in [3.63, 3.8) is 0 Å². The number of imide groups is 1. The molecule has 2 aromatic carbocycles. The van der Waals surface area contributed by atoms with Gasteiger partial charge in [0.1, 0.15) is 5.75 Å². The van der Waals surface area contributed by atoms with Gasteiger partial charge in [-0.3, -0.25) is 9.59 Å². The van der Waals surface area contributed by atoms with Crippen molar-refractivity contribution in [1.29, 1.82) is 0 Å². The molecule has 2 fully saturated rings. The van der Waals surface area contributed by atoms with Crippen LogP contribution < -0.4 is 9.64 Å². The fourth-order valence-corrected chi connectivity index (χ4v) is 6.78. The van der Waals surface area contributed by atoms with Crippen LogP contribution in [0.3, 0.4) is 0 Å². The molecule has 2 heterocycles. The smallest absolute Gasteiger partial charge is 0.243 e. The molecule has 0 atom stereocenters. The van der Waals surface area contributed by atoms with E-state index >= 15 is 0 Å². The molecule has 0 N–H and O–H groups in total. The van der Waals surface area contributed by atoms with E-state index in [9.17, 15) is 26.4 Å². The number of piperazine rings is 1. The summed E-state index contributed by atoms with van der Waals surface area (Å²) in [6, 6.07) is 12.0. The Kier molecular flexibility index (Phi) is 6.27. The van der Waals surface area contributed by atoms with Crippen molar-refractivity contribution in [2.24, 2.45) is 0 Å². The molecule has 33 heavy (non-hydrogen) atoms. The lowest BCUT2D eigenvalue weighted by Gasteiger charge is -2.33. The summed E-state index contributed by atoms with van der Waals surface area (Å²) in [5.74, 6) is -0.642. The van der Waals surface area contributed by atoms with Crippen LogP contribution in [0.4, 0.5) is 5.69 Å². The van der Waals surface area contributed by atoms with Gasteiger partial charge in [-0.25, -0.2) is 21.7 Å². The Morgan fingerprint density at radius 2 is 1.24 bits per heavy atom. The van der Waals surface area contributed by atoms with Crippen LogP contribution in [0.5, 0.6) is 5.75 Å². The Balaban J connectivity index is 1.57. The van der Waals surface area contributed by atoms with E-state index in [4.69, 9.17) is 4.74 Å². The molecular formula is C21H23N3O7S2. The Hall–Kier alpha value is -2.80. The number of nitrogens with zero attached hydrogens (tertiary/aromatic N) is 3. The van der Waals surface area contributed by atoms with Crippen LogP contribution in [-0.2, 0) is 29.6 Å². The molecular weight excluding hydrogens is 470 g/mol. The predicted octanol–water partition coefficient (Wildman–Crippen LogP) is 1.04. The fourth-order valence-electron chi connectivity index (χ4n) is 3.89. The van der Waals surface area contributed by atoms with Gasteiger partial charge in [0.2, 0.25) is 31.9 Å². The number of ether oxygens (including phenoxy) is 1. The number of anilines is 1. The van der Waals surface area contributed by atoms with E-state index in [0.29, 0.717) is 0 Å². The van der Waals surface area contributed by atoms with Crippen molar-refractivity contribution in [3.05, 3.63) is 48.5 Å². The predicted molar refractivity (Wildman–Crippen MR) is 119 cm³/mol. The first-order chi connectivity index (χ1) is 15.7. The third-order valence-electron chi connectivity index (χ3n) is 5.66. The zero-order valence-electron chi connectivity index (χ0n) is 17.9. The topological polar surface area (TPSA) is 121 Å². The van der Waals surface area contributed by atoms with Crippen LogP contribution >= 0.6 is 0 Å². The molecule has 2 aliphatic rings. The summed E-state index contributed by atoms with van der Waals surface area (Å²) < 4.78 is 59.9. The molecule has 176 valence electrons. The molecule has 0 spiro atoms. The maximum atomic E-state index is 13.3. The van der Waals surface area contributed by atoms with Crippen molar-refractivity contribution in [2.75, 3.05) is 38.2 Å². The highest BCUT2D eigenvalue weighted by atomic mass is 32.2. The number of methoxy groups -OCH3 is 1. The summed E-state index contributed by atoms with van der Waals surface area (Å²) in [6.07, 6.45) is 0.105. The summed E-state index contributed by atoms with van der Waals surface area (Å²) in [5, 5.41) is 0. The molecule has 0 saturated carbocycles. The van der Waals surface area contributed by atoms with E-state index in [1.807, 2.05) is 0 Å². The highest BCUT2D eigenvalue weighted by Gasteiger charge is 2.36. The van der Waals surface area contributed by atoms with Gasteiger partial charge in [-0.2, -0.15) is 8.61 Å². The van der Waals surface area contributed by atoms with E-state index in [1.165, 1.54) is 46.1 Å². The van der Waals surface area contributed by atoms with E-state index in [2.05, 4.69) is 0 Å². The first-order valence-electron chi connectivity index (χ1n) is 10.3. The van der Waals surface area contributed by atoms with Crippen LogP contribution in [0.1, 0.15) is 12.8 Å². The van der Waals surface area contributed by atoms with Gasteiger partial charge in [0.05, 0.1) is 22.6 Å². The van der Waals surface area contributed by atoms with Crippen LogP contribution in [0.2, 0.25) is 0 Å². The number of carbonyl (C=O) groups is 2. The lowest BCUT2D eigenvalue weighted by Crippen LogP contribution is -2.50. The van der Waals surface area contributed by atoms with Crippen molar-refractivity contribution >= 4 is 37.5 Å². The molecule has 2 amide bonds. The average molecular weight is 494 g/mol. The van der Waals surface area contributed by atoms with E-state index in [1.54, 1.807) is 18.2 Å². The Labute approximate surface area is 192 Å². The summed E-state index contributed by atoms with van der Waals surface area (Å²) in [4.78, 5) is 25.4. The van der Waals surface area contributed by atoms with Crippen LogP contribution in [0, 0.1) is 0 Å². The number of hydrogen-bond acceptors (Lipinski definition) is 7. The number of amides is 2. The number of hydrogen-bond donors (Lipinski definition) is 0. The molecule has 0 aliphatic carbocycles. The van der Waals surface area contributed by atoms with Gasteiger partial charge in [-0.1, -0.05) is 18.2 Å². The summed E-state index contributed by atoms with van der Waals surface area (Å²) >= 11 is 0. The van der Waals surface area contributed by atoms with Crippen molar-refractivity contribution in [2.45, 2.75) is 22.6 Å². The molecule has 12 heteroatoms. The molecule has 0 aromatic heterocycles.